The Labute approximate surface area is 148 Å². The Kier molecular flexibility index (Phi) is 3.53. The van der Waals surface area contributed by atoms with Gasteiger partial charge in [-0.1, -0.05) is 0 Å². The summed E-state index contributed by atoms with van der Waals surface area (Å²) in [7, 11) is -3.76. The summed E-state index contributed by atoms with van der Waals surface area (Å²) in [6, 6.07) is 9.13. The van der Waals surface area contributed by atoms with Crippen LogP contribution < -0.4 is 15.9 Å². The predicted octanol–water partition coefficient (Wildman–Crippen LogP) is 1.55. The minimum Gasteiger partial charge on any atom is -0.441 e. The van der Waals surface area contributed by atoms with Crippen LogP contribution in [0.4, 0.5) is 11.4 Å². The summed E-state index contributed by atoms with van der Waals surface area (Å²) in [5, 5.41) is 11.9. The summed E-state index contributed by atoms with van der Waals surface area (Å²) in [5.74, 6) is 0.166. The van der Waals surface area contributed by atoms with Crippen LogP contribution in [0.2, 0.25) is 0 Å². The molecule has 0 fully saturated rings. The van der Waals surface area contributed by atoms with Crippen molar-refractivity contribution >= 4 is 44.1 Å². The molecule has 0 spiro atoms. The van der Waals surface area contributed by atoms with E-state index in [9.17, 15) is 13.2 Å². The zero-order chi connectivity index (χ0) is 18.5. The number of benzene rings is 2. The Hall–Kier alpha value is -3.24. The van der Waals surface area contributed by atoms with Crippen molar-refractivity contribution in [2.24, 2.45) is 10.2 Å². The molecule has 0 atom stereocenters. The number of nitrogens with one attached hydrogen (secondary N) is 2. The van der Waals surface area contributed by atoms with Crippen molar-refractivity contribution in [1.29, 1.82) is 0 Å². The third kappa shape index (κ3) is 2.80. The molecule has 0 bridgehead atoms. The van der Waals surface area contributed by atoms with Gasteiger partial charge in [-0.15, -0.1) is 0 Å². The van der Waals surface area contributed by atoms with Crippen LogP contribution in [0, 0.1) is 6.92 Å². The first-order chi connectivity index (χ1) is 12.3. The van der Waals surface area contributed by atoms with Gasteiger partial charge >= 0.3 is 0 Å². The van der Waals surface area contributed by atoms with E-state index in [0.717, 1.165) is 0 Å². The molecule has 1 amide bonds. The van der Waals surface area contributed by atoms with Crippen LogP contribution in [0.25, 0.3) is 11.1 Å². The van der Waals surface area contributed by atoms with Crippen molar-refractivity contribution in [3.05, 3.63) is 47.9 Å². The lowest BCUT2D eigenvalue weighted by molar-refractivity contribution is -0.110. The van der Waals surface area contributed by atoms with E-state index in [1.165, 1.54) is 24.3 Å². The lowest BCUT2D eigenvalue weighted by Gasteiger charge is -2.03. The van der Waals surface area contributed by atoms with E-state index in [4.69, 9.17) is 9.56 Å². The normalized spacial score (nSPS) is 15.3. The maximum atomic E-state index is 12.2. The van der Waals surface area contributed by atoms with E-state index in [2.05, 4.69) is 20.8 Å². The quantitative estimate of drug-likeness (QED) is 0.597. The molecule has 1 aliphatic rings. The number of nitrogens with two attached hydrogens (primary N) is 1. The second-order valence-electron chi connectivity index (χ2n) is 5.69. The maximum Gasteiger partial charge on any atom is 0.276 e. The topological polar surface area (TPSA) is 140 Å². The lowest BCUT2D eigenvalue weighted by Crippen LogP contribution is -2.16. The number of rotatable bonds is 3. The number of carbonyl (C=O) groups is 1. The van der Waals surface area contributed by atoms with Crippen molar-refractivity contribution in [2.45, 2.75) is 11.8 Å². The molecular formula is C16H13N5O4S. The summed E-state index contributed by atoms with van der Waals surface area (Å²) < 4.78 is 28.0. The van der Waals surface area contributed by atoms with E-state index in [1.807, 2.05) is 0 Å². The smallest absolute Gasteiger partial charge is 0.276 e. The van der Waals surface area contributed by atoms with Gasteiger partial charge in [0.05, 0.1) is 16.3 Å². The first-order valence-electron chi connectivity index (χ1n) is 7.51. The molecule has 0 saturated heterocycles. The van der Waals surface area contributed by atoms with Crippen molar-refractivity contribution < 1.29 is 17.6 Å². The van der Waals surface area contributed by atoms with E-state index < -0.39 is 10.0 Å². The van der Waals surface area contributed by atoms with E-state index in [-0.39, 0.29) is 16.5 Å². The van der Waals surface area contributed by atoms with Crippen molar-refractivity contribution in [2.75, 3.05) is 10.7 Å². The average molecular weight is 371 g/mol. The molecule has 9 nitrogen and oxygen atoms in total. The van der Waals surface area contributed by atoms with E-state index >= 15 is 0 Å². The number of hydrogen-bond acceptors (Lipinski definition) is 7. The fourth-order valence-electron chi connectivity index (χ4n) is 2.64. The molecule has 3 aromatic rings. The molecule has 4 N–H and O–H groups in total. The number of fused-ring (bicyclic) bond motifs is 2. The van der Waals surface area contributed by atoms with Gasteiger partial charge in [-0.05, 0) is 30.3 Å². The molecule has 4 rings (SSSR count). The number of aromatic nitrogens is 1. The summed E-state index contributed by atoms with van der Waals surface area (Å²) in [6.07, 6.45) is 0. The molecule has 132 valence electrons. The number of nitrogens with zero attached hydrogens (tertiary/aromatic N) is 2. The first-order valence-corrected chi connectivity index (χ1v) is 9.05. The summed E-state index contributed by atoms with van der Waals surface area (Å²) >= 11 is 0. The number of oxazole rings is 1. The third-order valence-electron chi connectivity index (χ3n) is 3.83. The summed E-state index contributed by atoms with van der Waals surface area (Å²) in [4.78, 5) is 16.4. The molecule has 2 heterocycles. The zero-order valence-electron chi connectivity index (χ0n) is 13.5. The molecule has 2 aromatic carbocycles. The van der Waals surface area contributed by atoms with E-state index in [1.54, 1.807) is 19.1 Å². The number of primary sulfonamides is 1. The van der Waals surface area contributed by atoms with Gasteiger partial charge < -0.3 is 9.73 Å². The molecule has 10 heteroatoms. The first kappa shape index (κ1) is 16.2. The fourth-order valence-corrected chi connectivity index (χ4v) is 3.16. The molecule has 0 radical (unpaired) electrons. The van der Waals surface area contributed by atoms with Gasteiger partial charge in [0.1, 0.15) is 5.52 Å². The number of anilines is 2. The Balaban J connectivity index is 1.66. The van der Waals surface area contributed by atoms with Crippen molar-refractivity contribution in [3.63, 3.8) is 0 Å². The lowest BCUT2D eigenvalue weighted by atomic mass is 10.1. The summed E-state index contributed by atoms with van der Waals surface area (Å²) in [5.41, 5.74) is 5.83. The van der Waals surface area contributed by atoms with Gasteiger partial charge in [0, 0.05) is 18.6 Å². The van der Waals surface area contributed by atoms with Crippen molar-refractivity contribution in [3.8, 4) is 0 Å². The van der Waals surface area contributed by atoms with Crippen LogP contribution >= 0.6 is 0 Å². The average Bonchev–Trinajstić information content (AvgIpc) is 3.07. The SMILES string of the molecule is Cc1nc2cc3c(cc2o1)NC(=O)/C3=N/Nc1ccc(S(N)(=O)=O)cc1. The highest BCUT2D eigenvalue weighted by Crippen LogP contribution is 2.29. The molecule has 0 unspecified atom stereocenters. The number of carbonyl (C=O) groups excluding carboxylic acids is 1. The van der Waals surface area contributed by atoms with E-state index in [0.29, 0.717) is 33.9 Å². The molecule has 1 aliphatic heterocycles. The Morgan fingerprint density at radius 2 is 1.96 bits per heavy atom. The Morgan fingerprint density at radius 3 is 2.65 bits per heavy atom. The minimum absolute atomic E-state index is 0.0107. The monoisotopic (exact) mass is 371 g/mol. The molecule has 0 saturated carbocycles. The van der Waals surface area contributed by atoms with Gasteiger partial charge in [0.25, 0.3) is 5.91 Å². The zero-order valence-corrected chi connectivity index (χ0v) is 14.3. The molecule has 26 heavy (non-hydrogen) atoms. The van der Waals surface area contributed by atoms with Crippen LogP contribution in [0.3, 0.4) is 0 Å². The van der Waals surface area contributed by atoms with Gasteiger partial charge in [0.2, 0.25) is 10.0 Å². The highest BCUT2D eigenvalue weighted by Gasteiger charge is 2.27. The number of amides is 1. The second kappa shape index (κ2) is 5.64. The minimum atomic E-state index is -3.76. The van der Waals surface area contributed by atoms with Gasteiger partial charge in [-0.2, -0.15) is 5.10 Å². The number of hydrogen-bond donors (Lipinski definition) is 3. The fraction of sp³-hybridized carbons (Fsp3) is 0.0625. The Bertz CT molecular complexity index is 1180. The highest BCUT2D eigenvalue weighted by molar-refractivity contribution is 7.89. The third-order valence-corrected chi connectivity index (χ3v) is 4.76. The van der Waals surface area contributed by atoms with Gasteiger partial charge in [0.15, 0.2) is 17.2 Å². The number of aryl methyl sites for hydroxylation is 1. The Morgan fingerprint density at radius 1 is 1.23 bits per heavy atom. The predicted molar refractivity (Wildman–Crippen MR) is 95.4 cm³/mol. The number of sulfonamides is 1. The van der Waals surface area contributed by atoms with Crippen LogP contribution in [0.1, 0.15) is 11.5 Å². The molecule has 1 aromatic heterocycles. The molecule has 0 aliphatic carbocycles. The van der Waals surface area contributed by atoms with Crippen LogP contribution in [0.5, 0.6) is 0 Å². The maximum absolute atomic E-state index is 12.2. The summed E-state index contributed by atoms with van der Waals surface area (Å²) in [6.45, 7) is 1.74. The van der Waals surface area contributed by atoms with Crippen LogP contribution in [-0.4, -0.2) is 25.0 Å². The standard InChI is InChI=1S/C16H13N5O4S/c1-8-18-13-6-11-12(7-14(13)25-8)19-16(22)15(11)21-20-9-2-4-10(5-3-9)26(17,23)24/h2-7,20H,1H3,(H2,17,23,24)(H,19,21,22). The van der Waals surface area contributed by atoms with Crippen LogP contribution in [0.15, 0.2) is 50.8 Å². The van der Waals surface area contributed by atoms with Crippen LogP contribution in [-0.2, 0) is 14.8 Å². The van der Waals surface area contributed by atoms with Gasteiger partial charge in [-0.3, -0.25) is 10.2 Å². The largest absolute Gasteiger partial charge is 0.441 e. The van der Waals surface area contributed by atoms with Crippen molar-refractivity contribution in [1.82, 2.24) is 4.98 Å². The number of hydrazone groups is 1. The molecular weight excluding hydrogens is 358 g/mol. The second-order valence-corrected chi connectivity index (χ2v) is 7.26. The van der Waals surface area contributed by atoms with Gasteiger partial charge in [-0.25, -0.2) is 18.5 Å². The highest BCUT2D eigenvalue weighted by atomic mass is 32.2.